The van der Waals surface area contributed by atoms with Gasteiger partial charge in [-0.2, -0.15) is 13.2 Å². The fourth-order valence-electron chi connectivity index (χ4n) is 2.22. The van der Waals surface area contributed by atoms with Gasteiger partial charge in [0.1, 0.15) is 5.75 Å². The van der Waals surface area contributed by atoms with Gasteiger partial charge in [0.05, 0.1) is 19.1 Å². The molecule has 144 valence electrons. The van der Waals surface area contributed by atoms with Crippen LogP contribution in [-0.2, 0) is 26.9 Å². The Bertz CT molecular complexity index is 803. The molecule has 8 heteroatoms. The Labute approximate surface area is 154 Å². The lowest BCUT2D eigenvalue weighted by Crippen LogP contribution is -2.30. The van der Waals surface area contributed by atoms with Crippen molar-refractivity contribution in [3.05, 3.63) is 59.7 Å². The van der Waals surface area contributed by atoms with Crippen LogP contribution in [0.2, 0.25) is 0 Å². The van der Waals surface area contributed by atoms with E-state index in [1.807, 2.05) is 0 Å². The molecule has 0 fully saturated rings. The maximum Gasteiger partial charge on any atom is 0.416 e. The van der Waals surface area contributed by atoms with Crippen LogP contribution in [-0.4, -0.2) is 25.1 Å². The minimum Gasteiger partial charge on any atom is -0.497 e. The van der Waals surface area contributed by atoms with Gasteiger partial charge in [-0.15, -0.1) is 0 Å². The van der Waals surface area contributed by atoms with Crippen LogP contribution in [0, 0.1) is 0 Å². The second-order valence-electron chi connectivity index (χ2n) is 5.72. The van der Waals surface area contributed by atoms with Crippen molar-refractivity contribution in [2.24, 2.45) is 0 Å². The molecule has 2 rings (SSSR count). The van der Waals surface area contributed by atoms with Gasteiger partial charge in [-0.1, -0.05) is 18.2 Å². The zero-order chi connectivity index (χ0) is 20.0. The fourth-order valence-corrected chi connectivity index (χ4v) is 2.22. The van der Waals surface area contributed by atoms with Gasteiger partial charge in [0.15, 0.2) is 6.10 Å². The Balaban J connectivity index is 1.92. The van der Waals surface area contributed by atoms with Crippen molar-refractivity contribution >= 4 is 17.6 Å². The highest BCUT2D eigenvalue weighted by Crippen LogP contribution is 2.30. The van der Waals surface area contributed by atoms with E-state index in [1.54, 1.807) is 24.3 Å². The number of anilines is 1. The SMILES string of the molecule is COc1ccc(CC(=O)O[C@H](C)C(=O)Nc2cccc(C(F)(F)F)c2)cc1. The van der Waals surface area contributed by atoms with E-state index in [-0.39, 0.29) is 12.1 Å². The highest BCUT2D eigenvalue weighted by molar-refractivity contribution is 5.95. The normalized spacial score (nSPS) is 12.2. The molecule has 0 aliphatic heterocycles. The number of ether oxygens (including phenoxy) is 2. The molecule has 0 radical (unpaired) electrons. The summed E-state index contributed by atoms with van der Waals surface area (Å²) in [5.41, 5.74) is -0.247. The molecule has 0 aliphatic rings. The first kappa shape index (κ1) is 20.3. The topological polar surface area (TPSA) is 64.6 Å². The highest BCUT2D eigenvalue weighted by atomic mass is 19.4. The Kier molecular flexibility index (Phi) is 6.44. The quantitative estimate of drug-likeness (QED) is 0.773. The van der Waals surface area contributed by atoms with Crippen LogP contribution in [0.15, 0.2) is 48.5 Å². The number of alkyl halides is 3. The summed E-state index contributed by atoms with van der Waals surface area (Å²) in [6.07, 6.45) is -5.73. The van der Waals surface area contributed by atoms with Crippen LogP contribution >= 0.6 is 0 Å². The molecule has 1 atom stereocenters. The molecule has 2 aromatic rings. The van der Waals surface area contributed by atoms with Crippen LogP contribution in [0.3, 0.4) is 0 Å². The van der Waals surface area contributed by atoms with E-state index in [9.17, 15) is 22.8 Å². The number of esters is 1. The molecule has 1 N–H and O–H groups in total. The third-order valence-electron chi connectivity index (χ3n) is 3.64. The molecule has 5 nitrogen and oxygen atoms in total. The minimum atomic E-state index is -4.52. The smallest absolute Gasteiger partial charge is 0.416 e. The molecule has 0 unspecified atom stereocenters. The number of rotatable bonds is 6. The van der Waals surface area contributed by atoms with Crippen LogP contribution in [0.1, 0.15) is 18.1 Å². The minimum absolute atomic E-state index is 0.0344. The third kappa shape index (κ3) is 6.02. The Morgan fingerprint density at radius 2 is 1.78 bits per heavy atom. The number of hydrogen-bond acceptors (Lipinski definition) is 4. The Morgan fingerprint density at radius 1 is 1.11 bits per heavy atom. The van der Waals surface area contributed by atoms with Gasteiger partial charge in [0.25, 0.3) is 5.91 Å². The summed E-state index contributed by atoms with van der Waals surface area (Å²) in [6, 6.07) is 11.0. The molecule has 2 aromatic carbocycles. The van der Waals surface area contributed by atoms with E-state index in [1.165, 1.54) is 26.2 Å². The van der Waals surface area contributed by atoms with Crippen LogP contribution < -0.4 is 10.1 Å². The zero-order valence-corrected chi connectivity index (χ0v) is 14.7. The summed E-state index contributed by atoms with van der Waals surface area (Å²) in [5, 5.41) is 2.31. The number of hydrogen-bond donors (Lipinski definition) is 1. The summed E-state index contributed by atoms with van der Waals surface area (Å²) in [5.74, 6) is -0.717. The lowest BCUT2D eigenvalue weighted by Gasteiger charge is -2.14. The van der Waals surface area contributed by atoms with Crippen molar-refractivity contribution in [2.45, 2.75) is 25.6 Å². The van der Waals surface area contributed by atoms with Gasteiger partial charge in [0.2, 0.25) is 0 Å². The summed E-state index contributed by atoms with van der Waals surface area (Å²) in [4.78, 5) is 24.0. The molecule has 0 heterocycles. The third-order valence-corrected chi connectivity index (χ3v) is 3.64. The molecular formula is C19H18F3NO4. The second-order valence-corrected chi connectivity index (χ2v) is 5.72. The molecule has 0 saturated carbocycles. The molecule has 0 aliphatic carbocycles. The number of benzene rings is 2. The van der Waals surface area contributed by atoms with Crippen molar-refractivity contribution in [3.63, 3.8) is 0 Å². The maximum atomic E-state index is 12.7. The first-order valence-corrected chi connectivity index (χ1v) is 7.99. The zero-order valence-electron chi connectivity index (χ0n) is 14.7. The predicted molar refractivity (Wildman–Crippen MR) is 92.3 cm³/mol. The molecule has 0 aromatic heterocycles. The molecular weight excluding hydrogens is 363 g/mol. The molecule has 0 bridgehead atoms. The van der Waals surface area contributed by atoms with Gasteiger partial charge < -0.3 is 14.8 Å². The summed E-state index contributed by atoms with van der Waals surface area (Å²) < 4.78 is 48.2. The van der Waals surface area contributed by atoms with Gasteiger partial charge in [-0.05, 0) is 42.8 Å². The van der Waals surface area contributed by atoms with E-state index in [0.29, 0.717) is 11.3 Å². The van der Waals surface area contributed by atoms with Crippen molar-refractivity contribution in [1.29, 1.82) is 0 Å². The Hall–Kier alpha value is -3.03. The largest absolute Gasteiger partial charge is 0.497 e. The standard InChI is InChI=1S/C19H18F3NO4/c1-12(27-17(24)10-13-6-8-16(26-2)9-7-13)18(25)23-15-5-3-4-14(11-15)19(20,21)22/h3-9,11-12H,10H2,1-2H3,(H,23,25)/t12-/m1/s1. The fraction of sp³-hybridized carbons (Fsp3) is 0.263. The van der Waals surface area contributed by atoms with Crippen LogP contribution in [0.25, 0.3) is 0 Å². The molecule has 0 saturated heterocycles. The summed E-state index contributed by atoms with van der Waals surface area (Å²) >= 11 is 0. The first-order chi connectivity index (χ1) is 12.7. The average molecular weight is 381 g/mol. The number of halogens is 3. The monoisotopic (exact) mass is 381 g/mol. The number of nitrogens with one attached hydrogen (secondary N) is 1. The number of methoxy groups -OCH3 is 1. The average Bonchev–Trinajstić information content (AvgIpc) is 2.61. The van der Waals surface area contributed by atoms with E-state index < -0.39 is 29.7 Å². The lowest BCUT2D eigenvalue weighted by molar-refractivity contribution is -0.152. The summed E-state index contributed by atoms with van der Waals surface area (Å²) in [6.45, 7) is 1.34. The molecule has 27 heavy (non-hydrogen) atoms. The lowest BCUT2D eigenvalue weighted by atomic mass is 10.1. The van der Waals surface area contributed by atoms with Crippen LogP contribution in [0.5, 0.6) is 5.75 Å². The van der Waals surface area contributed by atoms with Crippen molar-refractivity contribution < 1.29 is 32.2 Å². The number of carbonyl (C=O) groups is 2. The number of amides is 1. The number of carbonyl (C=O) groups excluding carboxylic acids is 2. The van der Waals surface area contributed by atoms with Gasteiger partial charge in [0, 0.05) is 5.69 Å². The second kappa shape index (κ2) is 8.57. The van der Waals surface area contributed by atoms with E-state index in [0.717, 1.165) is 12.1 Å². The maximum absolute atomic E-state index is 12.7. The highest BCUT2D eigenvalue weighted by Gasteiger charge is 2.30. The van der Waals surface area contributed by atoms with Crippen LogP contribution in [0.4, 0.5) is 18.9 Å². The van der Waals surface area contributed by atoms with E-state index in [2.05, 4.69) is 5.32 Å². The molecule has 1 amide bonds. The van der Waals surface area contributed by atoms with Crippen molar-refractivity contribution in [3.8, 4) is 5.75 Å². The van der Waals surface area contributed by atoms with E-state index >= 15 is 0 Å². The van der Waals surface area contributed by atoms with Gasteiger partial charge in [-0.25, -0.2) is 0 Å². The summed E-state index contributed by atoms with van der Waals surface area (Å²) in [7, 11) is 1.52. The van der Waals surface area contributed by atoms with Gasteiger partial charge in [-0.3, -0.25) is 9.59 Å². The van der Waals surface area contributed by atoms with Crippen molar-refractivity contribution in [1.82, 2.24) is 0 Å². The van der Waals surface area contributed by atoms with Gasteiger partial charge >= 0.3 is 12.1 Å². The van der Waals surface area contributed by atoms with Crippen molar-refractivity contribution in [2.75, 3.05) is 12.4 Å². The predicted octanol–water partition coefficient (Wildman–Crippen LogP) is 3.83. The Morgan fingerprint density at radius 3 is 2.37 bits per heavy atom. The first-order valence-electron chi connectivity index (χ1n) is 7.99. The molecule has 0 spiro atoms. The van der Waals surface area contributed by atoms with E-state index in [4.69, 9.17) is 9.47 Å².